The molecule has 0 amide bonds. The molecule has 0 heterocycles. The Morgan fingerprint density at radius 1 is 0.783 bits per heavy atom. The van der Waals surface area contributed by atoms with E-state index in [2.05, 4.69) is 9.47 Å². The van der Waals surface area contributed by atoms with E-state index in [9.17, 15) is 35.9 Å². The number of esters is 2. The molecule has 0 aromatic heterocycles. The summed E-state index contributed by atoms with van der Waals surface area (Å²) in [6.45, 7) is -1.88. The fraction of sp³-hybridized carbons (Fsp3) is 0.538. The first-order chi connectivity index (χ1) is 10.4. The van der Waals surface area contributed by atoms with Crippen LogP contribution in [0.4, 0.5) is 26.3 Å². The van der Waals surface area contributed by atoms with Crippen LogP contribution in [-0.2, 0) is 19.1 Å². The van der Waals surface area contributed by atoms with E-state index in [-0.39, 0.29) is 0 Å². The fourth-order valence-electron chi connectivity index (χ4n) is 1.14. The van der Waals surface area contributed by atoms with Gasteiger partial charge < -0.3 is 9.47 Å². The van der Waals surface area contributed by atoms with Gasteiger partial charge in [0.05, 0.1) is 0 Å². The summed E-state index contributed by atoms with van der Waals surface area (Å²) in [6.07, 6.45) is 3.44. The highest BCUT2D eigenvalue weighted by Crippen LogP contribution is 2.46. The smallest absolute Gasteiger partial charge is 0.378 e. The molecule has 0 unspecified atom stereocenters. The molecule has 0 saturated heterocycles. The van der Waals surface area contributed by atoms with E-state index in [4.69, 9.17) is 0 Å². The van der Waals surface area contributed by atoms with Crippen molar-refractivity contribution >= 4 is 11.9 Å². The van der Waals surface area contributed by atoms with Crippen LogP contribution >= 0.6 is 0 Å². The Morgan fingerprint density at radius 3 is 1.35 bits per heavy atom. The third kappa shape index (κ3) is 5.61. The molecule has 0 aromatic carbocycles. The number of hydrogen-bond acceptors (Lipinski definition) is 4. The third-order valence-corrected chi connectivity index (χ3v) is 2.32. The Bertz CT molecular complexity index is 443. The van der Waals surface area contributed by atoms with Crippen LogP contribution in [0, 0.1) is 0 Å². The molecule has 0 aromatic rings. The number of ether oxygens (including phenoxy) is 2. The van der Waals surface area contributed by atoms with Gasteiger partial charge >= 0.3 is 29.7 Å². The van der Waals surface area contributed by atoms with Crippen molar-refractivity contribution in [2.24, 2.45) is 0 Å². The van der Waals surface area contributed by atoms with Gasteiger partial charge in [-0.3, -0.25) is 0 Å². The van der Waals surface area contributed by atoms with Crippen LogP contribution in [0.25, 0.3) is 0 Å². The zero-order chi connectivity index (χ0) is 18.3. The Labute approximate surface area is 127 Å². The minimum absolute atomic E-state index is 0.644. The van der Waals surface area contributed by atoms with E-state index >= 15 is 0 Å². The molecule has 0 aliphatic rings. The van der Waals surface area contributed by atoms with E-state index in [1.165, 1.54) is 13.8 Å². The Morgan fingerprint density at radius 2 is 1.09 bits per heavy atom. The lowest BCUT2D eigenvalue weighted by Crippen LogP contribution is -2.58. The Hall–Kier alpha value is -2.00. The van der Waals surface area contributed by atoms with Crippen LogP contribution in [-0.4, -0.2) is 42.9 Å². The van der Waals surface area contributed by atoms with Crippen LogP contribution in [0.3, 0.4) is 0 Å². The SMILES string of the molecule is CC=CC(=O)OCC(F)(F)C(F)(F)C(F)(F)COC(=O)C=CC. The maximum absolute atomic E-state index is 13.3. The molecule has 0 fully saturated rings. The van der Waals surface area contributed by atoms with Gasteiger partial charge in [0.1, 0.15) is 0 Å². The fourth-order valence-corrected chi connectivity index (χ4v) is 1.14. The summed E-state index contributed by atoms with van der Waals surface area (Å²) in [5.74, 6) is -19.5. The second-order valence-electron chi connectivity index (χ2n) is 4.20. The second kappa shape index (κ2) is 8.02. The molecular formula is C13H14F6O4. The maximum Gasteiger partial charge on any atom is 0.378 e. The van der Waals surface area contributed by atoms with E-state index in [0.717, 1.165) is 12.2 Å². The van der Waals surface area contributed by atoms with Gasteiger partial charge in [0.25, 0.3) is 0 Å². The number of carbonyl (C=O) groups is 2. The van der Waals surface area contributed by atoms with E-state index in [1.54, 1.807) is 0 Å². The molecule has 0 radical (unpaired) electrons. The van der Waals surface area contributed by atoms with Gasteiger partial charge in [-0.15, -0.1) is 0 Å². The molecular weight excluding hydrogens is 334 g/mol. The monoisotopic (exact) mass is 348 g/mol. The molecule has 132 valence electrons. The second-order valence-corrected chi connectivity index (χ2v) is 4.20. The van der Waals surface area contributed by atoms with Crippen molar-refractivity contribution in [2.75, 3.05) is 13.2 Å². The molecule has 0 aliphatic carbocycles. The van der Waals surface area contributed by atoms with Crippen LogP contribution in [0.15, 0.2) is 24.3 Å². The number of allylic oxidation sites excluding steroid dienone is 2. The highest BCUT2D eigenvalue weighted by atomic mass is 19.3. The highest BCUT2D eigenvalue weighted by molar-refractivity contribution is 5.82. The van der Waals surface area contributed by atoms with Gasteiger partial charge in [0.15, 0.2) is 13.2 Å². The normalized spacial score (nSPS) is 13.6. The van der Waals surface area contributed by atoms with Gasteiger partial charge in [-0.05, 0) is 13.8 Å². The van der Waals surface area contributed by atoms with E-state index < -0.39 is 42.9 Å². The minimum atomic E-state index is -5.91. The summed E-state index contributed by atoms with van der Waals surface area (Å²) in [4.78, 5) is 21.6. The predicted molar refractivity (Wildman–Crippen MR) is 66.4 cm³/mol. The van der Waals surface area contributed by atoms with Gasteiger partial charge in [-0.2, -0.15) is 26.3 Å². The molecule has 4 nitrogen and oxygen atoms in total. The minimum Gasteiger partial charge on any atom is -0.456 e. The van der Waals surface area contributed by atoms with Gasteiger partial charge in [-0.1, -0.05) is 12.2 Å². The zero-order valence-corrected chi connectivity index (χ0v) is 12.1. The number of rotatable bonds is 8. The number of hydrogen-bond donors (Lipinski definition) is 0. The zero-order valence-electron chi connectivity index (χ0n) is 12.1. The van der Waals surface area contributed by atoms with Crippen molar-refractivity contribution in [2.45, 2.75) is 31.6 Å². The maximum atomic E-state index is 13.3. The molecule has 0 aliphatic heterocycles. The van der Waals surface area contributed by atoms with Crippen molar-refractivity contribution in [3.05, 3.63) is 24.3 Å². The number of halogens is 6. The molecule has 0 spiro atoms. The summed E-state index contributed by atoms with van der Waals surface area (Å²) in [5, 5.41) is 0. The summed E-state index contributed by atoms with van der Waals surface area (Å²) in [6, 6.07) is 0. The van der Waals surface area contributed by atoms with Gasteiger partial charge in [0, 0.05) is 12.2 Å². The lowest BCUT2D eigenvalue weighted by molar-refractivity contribution is -0.324. The number of carbonyl (C=O) groups excluding carboxylic acids is 2. The Kier molecular flexibility index (Phi) is 7.32. The summed E-state index contributed by atoms with van der Waals surface area (Å²) >= 11 is 0. The largest absolute Gasteiger partial charge is 0.456 e. The topological polar surface area (TPSA) is 52.6 Å². The van der Waals surface area contributed by atoms with Crippen molar-refractivity contribution in [3.63, 3.8) is 0 Å². The first-order valence-electron chi connectivity index (χ1n) is 6.13. The molecule has 10 heteroatoms. The molecule has 0 N–H and O–H groups in total. The van der Waals surface area contributed by atoms with Gasteiger partial charge in [0.2, 0.25) is 0 Å². The van der Waals surface area contributed by atoms with E-state index in [0.29, 0.717) is 12.2 Å². The highest BCUT2D eigenvalue weighted by Gasteiger charge is 2.72. The summed E-state index contributed by atoms with van der Waals surface area (Å²) < 4.78 is 87.4. The predicted octanol–water partition coefficient (Wildman–Crippen LogP) is 3.13. The van der Waals surface area contributed by atoms with Crippen LogP contribution < -0.4 is 0 Å². The molecule has 0 atom stereocenters. The quantitative estimate of drug-likeness (QED) is 0.384. The first-order valence-corrected chi connectivity index (χ1v) is 6.13. The number of alkyl halides is 6. The first kappa shape index (κ1) is 21.0. The van der Waals surface area contributed by atoms with Crippen LogP contribution in [0.5, 0.6) is 0 Å². The molecule has 0 saturated carbocycles. The summed E-state index contributed by atoms with van der Waals surface area (Å²) in [5.41, 5.74) is 0. The van der Waals surface area contributed by atoms with Gasteiger partial charge in [-0.25, -0.2) is 9.59 Å². The average Bonchev–Trinajstić information content (AvgIpc) is 2.43. The van der Waals surface area contributed by atoms with Crippen LogP contribution in [0.1, 0.15) is 13.8 Å². The van der Waals surface area contributed by atoms with Crippen molar-refractivity contribution in [1.29, 1.82) is 0 Å². The lowest BCUT2D eigenvalue weighted by atomic mass is 10.1. The lowest BCUT2D eigenvalue weighted by Gasteiger charge is -2.31. The molecule has 23 heavy (non-hydrogen) atoms. The van der Waals surface area contributed by atoms with Crippen molar-refractivity contribution < 1.29 is 45.4 Å². The third-order valence-electron chi connectivity index (χ3n) is 2.32. The average molecular weight is 348 g/mol. The Balaban J connectivity index is 5.01. The van der Waals surface area contributed by atoms with Crippen molar-refractivity contribution in [1.82, 2.24) is 0 Å². The molecule has 0 bridgehead atoms. The van der Waals surface area contributed by atoms with Crippen molar-refractivity contribution in [3.8, 4) is 0 Å². The van der Waals surface area contributed by atoms with Crippen LogP contribution in [0.2, 0.25) is 0 Å². The summed E-state index contributed by atoms with van der Waals surface area (Å²) in [7, 11) is 0. The molecule has 0 rings (SSSR count). The van der Waals surface area contributed by atoms with E-state index in [1.807, 2.05) is 0 Å². The standard InChI is InChI=1S/C13H14F6O4/c1-3-5-9(20)22-7-11(14,15)13(18,19)12(16,17)8-23-10(21)6-4-2/h3-6H,7-8H2,1-2H3.